The van der Waals surface area contributed by atoms with Crippen LogP contribution in [0.4, 0.5) is 4.39 Å². The van der Waals surface area contributed by atoms with Crippen molar-refractivity contribution in [1.82, 2.24) is 9.38 Å². The number of aromatic nitrogens is 2. The molecule has 2 aromatic heterocycles. The van der Waals surface area contributed by atoms with Crippen LogP contribution in [0.25, 0.3) is 4.96 Å². The van der Waals surface area contributed by atoms with E-state index in [9.17, 15) is 9.50 Å². The molecule has 0 aliphatic rings. The fraction of sp³-hybridized carbons (Fsp3) is 0.267. The number of aliphatic hydroxyl groups excluding tert-OH is 1. The van der Waals surface area contributed by atoms with Gasteiger partial charge in [-0.15, -0.1) is 11.3 Å². The van der Waals surface area contributed by atoms with E-state index in [-0.39, 0.29) is 19.0 Å². The lowest BCUT2D eigenvalue weighted by molar-refractivity contribution is 0.195. The van der Waals surface area contributed by atoms with E-state index in [1.54, 1.807) is 23.5 Å². The van der Waals surface area contributed by atoms with Gasteiger partial charge in [0.2, 0.25) is 0 Å². The molecule has 0 radical (unpaired) electrons. The Hall–Kier alpha value is -1.76. The molecule has 3 rings (SSSR count). The van der Waals surface area contributed by atoms with E-state index in [4.69, 9.17) is 5.73 Å². The molecular weight excluding hydrogens is 289 g/mol. The first-order valence-electron chi connectivity index (χ1n) is 6.65. The van der Waals surface area contributed by atoms with Crippen molar-refractivity contribution in [3.05, 3.63) is 59.1 Å². The maximum atomic E-state index is 13.1. The molecule has 110 valence electrons. The lowest BCUT2D eigenvalue weighted by atomic mass is 9.77. The Balaban J connectivity index is 1.96. The summed E-state index contributed by atoms with van der Waals surface area (Å²) < 4.78 is 15.0. The number of nitrogens with zero attached hydrogens (tertiary/aromatic N) is 2. The maximum absolute atomic E-state index is 13.1. The number of benzene rings is 1. The van der Waals surface area contributed by atoms with E-state index in [0.29, 0.717) is 6.42 Å². The second kappa shape index (κ2) is 5.55. The summed E-state index contributed by atoms with van der Waals surface area (Å²) in [6, 6.07) is 6.13. The first-order chi connectivity index (χ1) is 10.2. The average molecular weight is 305 g/mol. The lowest BCUT2D eigenvalue weighted by Crippen LogP contribution is -2.41. The van der Waals surface area contributed by atoms with Gasteiger partial charge in [0.15, 0.2) is 4.96 Å². The number of hydrogen-bond donors (Lipinski definition) is 2. The van der Waals surface area contributed by atoms with Crippen LogP contribution in [-0.2, 0) is 11.8 Å². The first-order valence-corrected chi connectivity index (χ1v) is 7.53. The van der Waals surface area contributed by atoms with Gasteiger partial charge in [-0.25, -0.2) is 9.37 Å². The van der Waals surface area contributed by atoms with Crippen molar-refractivity contribution in [3.8, 4) is 0 Å². The van der Waals surface area contributed by atoms with Crippen LogP contribution in [0.2, 0.25) is 0 Å². The van der Waals surface area contributed by atoms with E-state index >= 15 is 0 Å². The Labute approximate surface area is 125 Å². The largest absolute Gasteiger partial charge is 0.395 e. The smallest absolute Gasteiger partial charge is 0.193 e. The van der Waals surface area contributed by atoms with Crippen LogP contribution in [0.15, 0.2) is 42.0 Å². The SMILES string of the molecule is NCC(CO)(Cc1cn2ccsc2n1)c1ccc(F)cc1. The fourth-order valence-electron chi connectivity index (χ4n) is 2.52. The van der Waals surface area contributed by atoms with E-state index < -0.39 is 5.41 Å². The summed E-state index contributed by atoms with van der Waals surface area (Å²) in [5, 5.41) is 11.8. The first kappa shape index (κ1) is 14.2. The summed E-state index contributed by atoms with van der Waals surface area (Å²) in [5.41, 5.74) is 6.97. The zero-order valence-corrected chi connectivity index (χ0v) is 12.2. The third-order valence-electron chi connectivity index (χ3n) is 3.81. The molecule has 3 N–H and O–H groups in total. The number of imidazole rings is 1. The topological polar surface area (TPSA) is 63.5 Å². The summed E-state index contributed by atoms with van der Waals surface area (Å²) in [6.07, 6.45) is 4.40. The Morgan fingerprint density at radius 2 is 2.10 bits per heavy atom. The Kier molecular flexibility index (Phi) is 3.75. The van der Waals surface area contributed by atoms with E-state index in [2.05, 4.69) is 4.98 Å². The number of nitrogens with two attached hydrogens (primary N) is 1. The minimum atomic E-state index is -0.641. The molecule has 1 aromatic carbocycles. The van der Waals surface area contributed by atoms with Crippen LogP contribution in [0.1, 0.15) is 11.3 Å². The van der Waals surface area contributed by atoms with Crippen molar-refractivity contribution in [1.29, 1.82) is 0 Å². The molecule has 4 nitrogen and oxygen atoms in total. The van der Waals surface area contributed by atoms with Gasteiger partial charge in [0.1, 0.15) is 5.82 Å². The van der Waals surface area contributed by atoms with Crippen LogP contribution in [-0.4, -0.2) is 27.6 Å². The Morgan fingerprint density at radius 1 is 1.33 bits per heavy atom. The molecule has 0 saturated heterocycles. The van der Waals surface area contributed by atoms with Gasteiger partial charge in [0.05, 0.1) is 12.3 Å². The van der Waals surface area contributed by atoms with Crippen molar-refractivity contribution in [2.45, 2.75) is 11.8 Å². The molecule has 3 aromatic rings. The quantitative estimate of drug-likeness (QED) is 0.757. The van der Waals surface area contributed by atoms with Gasteiger partial charge >= 0.3 is 0 Å². The third kappa shape index (κ3) is 2.57. The number of rotatable bonds is 5. The molecule has 0 spiro atoms. The standard InChI is InChI=1S/C15H16FN3OS/c16-12-3-1-11(2-4-12)15(9-17,10-20)7-13-8-19-5-6-21-14(19)18-13/h1-6,8,20H,7,9-10,17H2. The molecule has 0 fully saturated rings. The zero-order chi connectivity index (χ0) is 14.9. The molecular formula is C15H16FN3OS. The molecule has 1 unspecified atom stereocenters. The predicted molar refractivity (Wildman–Crippen MR) is 81.0 cm³/mol. The zero-order valence-electron chi connectivity index (χ0n) is 11.4. The van der Waals surface area contributed by atoms with Gasteiger partial charge in [-0.3, -0.25) is 4.40 Å². The summed E-state index contributed by atoms with van der Waals surface area (Å²) in [5.74, 6) is -0.301. The van der Waals surface area contributed by atoms with Gasteiger partial charge in [-0.05, 0) is 17.7 Å². The van der Waals surface area contributed by atoms with Crippen LogP contribution >= 0.6 is 11.3 Å². The minimum absolute atomic E-state index is 0.111. The third-order valence-corrected chi connectivity index (χ3v) is 4.58. The van der Waals surface area contributed by atoms with Crippen LogP contribution < -0.4 is 5.73 Å². The molecule has 6 heteroatoms. The molecule has 0 aliphatic carbocycles. The number of halogens is 1. The van der Waals surface area contributed by atoms with Crippen LogP contribution in [0, 0.1) is 5.82 Å². The van der Waals surface area contributed by atoms with E-state index in [1.807, 2.05) is 22.2 Å². The highest BCUT2D eigenvalue weighted by molar-refractivity contribution is 7.15. The highest BCUT2D eigenvalue weighted by Gasteiger charge is 2.31. The summed E-state index contributed by atoms with van der Waals surface area (Å²) >= 11 is 1.56. The van der Waals surface area contributed by atoms with Gasteiger partial charge in [-0.2, -0.15) is 0 Å². The van der Waals surface area contributed by atoms with Crippen LogP contribution in [0.5, 0.6) is 0 Å². The maximum Gasteiger partial charge on any atom is 0.193 e. The van der Waals surface area contributed by atoms with Crippen molar-refractivity contribution in [3.63, 3.8) is 0 Å². The second-order valence-electron chi connectivity index (χ2n) is 5.15. The van der Waals surface area contributed by atoms with Gasteiger partial charge in [-0.1, -0.05) is 12.1 Å². The Morgan fingerprint density at radius 3 is 2.71 bits per heavy atom. The molecule has 0 bridgehead atoms. The van der Waals surface area contributed by atoms with E-state index in [1.165, 1.54) is 12.1 Å². The lowest BCUT2D eigenvalue weighted by Gasteiger charge is -2.30. The van der Waals surface area contributed by atoms with Crippen LogP contribution in [0.3, 0.4) is 0 Å². The molecule has 0 aliphatic heterocycles. The molecule has 0 saturated carbocycles. The van der Waals surface area contributed by atoms with E-state index in [0.717, 1.165) is 16.2 Å². The number of aliphatic hydroxyl groups is 1. The molecule has 0 amide bonds. The number of thiazole rings is 1. The average Bonchev–Trinajstić information content (AvgIpc) is 3.07. The van der Waals surface area contributed by atoms with Crippen molar-refractivity contribution in [2.24, 2.45) is 5.73 Å². The Bertz CT molecular complexity index is 702. The molecule has 1 atom stereocenters. The summed E-state index contributed by atoms with van der Waals surface area (Å²) in [4.78, 5) is 5.45. The minimum Gasteiger partial charge on any atom is -0.395 e. The van der Waals surface area contributed by atoms with Crippen molar-refractivity contribution < 1.29 is 9.50 Å². The highest BCUT2D eigenvalue weighted by atomic mass is 32.1. The molecule has 2 heterocycles. The van der Waals surface area contributed by atoms with Crippen molar-refractivity contribution in [2.75, 3.05) is 13.2 Å². The number of fused-ring (bicyclic) bond motifs is 1. The summed E-state index contributed by atoms with van der Waals surface area (Å²) in [6.45, 7) is 0.153. The highest BCUT2D eigenvalue weighted by Crippen LogP contribution is 2.28. The van der Waals surface area contributed by atoms with Gasteiger partial charge in [0.25, 0.3) is 0 Å². The second-order valence-corrected chi connectivity index (χ2v) is 6.02. The fourth-order valence-corrected chi connectivity index (χ4v) is 3.23. The normalized spacial score (nSPS) is 14.4. The summed E-state index contributed by atoms with van der Waals surface area (Å²) in [7, 11) is 0. The van der Waals surface area contributed by atoms with Crippen molar-refractivity contribution >= 4 is 16.3 Å². The predicted octanol–water partition coefficient (Wildman–Crippen LogP) is 1.97. The van der Waals surface area contributed by atoms with Gasteiger partial charge < -0.3 is 10.8 Å². The monoisotopic (exact) mass is 305 g/mol. The number of hydrogen-bond acceptors (Lipinski definition) is 4. The van der Waals surface area contributed by atoms with Gasteiger partial charge in [0, 0.05) is 36.2 Å². The molecule has 21 heavy (non-hydrogen) atoms.